The van der Waals surface area contributed by atoms with Crippen LogP contribution in [0.3, 0.4) is 0 Å². The van der Waals surface area contributed by atoms with E-state index >= 15 is 0 Å². The second-order valence-corrected chi connectivity index (χ2v) is 10.2. The predicted octanol–water partition coefficient (Wildman–Crippen LogP) is 1.29. The summed E-state index contributed by atoms with van der Waals surface area (Å²) >= 11 is 5.91. The van der Waals surface area contributed by atoms with Crippen molar-refractivity contribution in [3.8, 4) is 0 Å². The van der Waals surface area contributed by atoms with E-state index in [1.807, 2.05) is 0 Å². The number of aliphatic hydroxyl groups is 2. The van der Waals surface area contributed by atoms with Gasteiger partial charge in [-0.1, -0.05) is 0 Å². The zero-order valence-corrected chi connectivity index (χ0v) is 16.1. The first kappa shape index (κ1) is 18.1. The van der Waals surface area contributed by atoms with Gasteiger partial charge in [0.1, 0.15) is 11.6 Å². The Morgan fingerprint density at radius 3 is 2.92 bits per heavy atom. The zero-order valence-electron chi connectivity index (χ0n) is 14.4. The molecule has 142 valence electrons. The molecule has 11 heteroatoms. The molecule has 0 bridgehead atoms. The third kappa shape index (κ3) is 2.57. The number of imidazole rings is 1. The van der Waals surface area contributed by atoms with E-state index in [1.54, 1.807) is 18.2 Å². The van der Waals surface area contributed by atoms with Crippen LogP contribution in [0.25, 0.3) is 11.2 Å². The molecule has 0 aromatic carbocycles. The quantitative estimate of drug-likeness (QED) is 0.503. The van der Waals surface area contributed by atoms with Crippen LogP contribution in [0, 0.1) is 11.3 Å². The Balaban J connectivity index is 1.71. The number of nitrogens with zero attached hydrogens (tertiary/aromatic N) is 4. The molecule has 0 spiro atoms. The first-order valence-corrected chi connectivity index (χ1v) is 11.1. The van der Waals surface area contributed by atoms with Gasteiger partial charge in [-0.15, -0.1) is 0 Å². The average Bonchev–Trinajstić information content (AvgIpc) is 3.00. The molecule has 2 aromatic rings. The maximum Gasteiger partial charge on any atom is 0.226 e. The van der Waals surface area contributed by atoms with E-state index in [-0.39, 0.29) is 23.2 Å². The van der Waals surface area contributed by atoms with Crippen molar-refractivity contribution in [3.63, 3.8) is 0 Å². The van der Waals surface area contributed by atoms with Crippen molar-refractivity contribution in [1.82, 2.24) is 19.5 Å². The molecule has 2 saturated carbocycles. The van der Waals surface area contributed by atoms with Gasteiger partial charge in [-0.05, 0) is 30.9 Å². The normalized spacial score (nSPS) is 35.4. The molecule has 0 amide bonds. The van der Waals surface area contributed by atoms with E-state index < -0.39 is 31.0 Å². The van der Waals surface area contributed by atoms with Crippen molar-refractivity contribution in [1.29, 1.82) is 0 Å². The highest BCUT2D eigenvalue weighted by atomic mass is 35.5. The Morgan fingerprint density at radius 2 is 2.23 bits per heavy atom. The number of nitrogens with two attached hydrogens (primary N) is 1. The monoisotopic (exact) mass is 401 g/mol. The molecule has 0 aliphatic heterocycles. The molecule has 4 rings (SSSR count). The Kier molecular flexibility index (Phi) is 4.09. The Hall–Kier alpha value is -1.25. The number of aromatic nitrogens is 4. The highest BCUT2D eigenvalue weighted by molar-refractivity contribution is 7.58. The van der Waals surface area contributed by atoms with Crippen LogP contribution in [-0.4, -0.2) is 61.4 Å². The van der Waals surface area contributed by atoms with E-state index in [9.17, 15) is 14.8 Å². The molecular formula is C15H21ClN5O4P. The lowest BCUT2D eigenvalue weighted by Crippen LogP contribution is -2.35. The van der Waals surface area contributed by atoms with Gasteiger partial charge >= 0.3 is 0 Å². The largest absolute Gasteiger partial charge is 0.390 e. The van der Waals surface area contributed by atoms with Gasteiger partial charge in [-0.25, -0.2) is 4.98 Å². The average molecular weight is 402 g/mol. The van der Waals surface area contributed by atoms with Crippen LogP contribution in [0.5, 0.6) is 0 Å². The van der Waals surface area contributed by atoms with Crippen molar-refractivity contribution in [3.05, 3.63) is 11.6 Å². The van der Waals surface area contributed by atoms with Crippen LogP contribution in [0.1, 0.15) is 19.4 Å². The van der Waals surface area contributed by atoms with E-state index in [0.717, 1.165) is 0 Å². The first-order valence-electron chi connectivity index (χ1n) is 8.43. The van der Waals surface area contributed by atoms with Crippen LogP contribution in [0.15, 0.2) is 6.33 Å². The number of hydrogen-bond donors (Lipinski definition) is 3. The van der Waals surface area contributed by atoms with Crippen molar-refractivity contribution in [2.24, 2.45) is 11.3 Å². The molecule has 2 fully saturated rings. The standard InChI is InChI=1S/C15H21ClN5O4P/c1-3-25-26(2,24)5-15-4-7(15)9(10(22)11(15)23)21-6-18-8-12(17)19-14(16)20-13(8)21/h6-7,9-11,22-23H,3-5H2,1-2H3,(H2,17,19,20)/t7-,9-,10+,11+,15+,26?/m1/s1. The summed E-state index contributed by atoms with van der Waals surface area (Å²) in [6.07, 6.45) is 0.364. The van der Waals surface area contributed by atoms with Crippen LogP contribution in [-0.2, 0) is 9.09 Å². The second kappa shape index (κ2) is 5.87. The van der Waals surface area contributed by atoms with Crippen molar-refractivity contribution < 1.29 is 19.3 Å². The Bertz CT molecular complexity index is 923. The van der Waals surface area contributed by atoms with Crippen LogP contribution < -0.4 is 5.73 Å². The van der Waals surface area contributed by atoms with E-state index in [2.05, 4.69) is 15.0 Å². The summed E-state index contributed by atoms with van der Waals surface area (Å²) < 4.78 is 19.7. The molecule has 0 saturated heterocycles. The van der Waals surface area contributed by atoms with Gasteiger partial charge in [0, 0.05) is 18.2 Å². The molecule has 2 heterocycles. The molecule has 2 aromatic heterocycles. The summed E-state index contributed by atoms with van der Waals surface area (Å²) in [5.41, 5.74) is 6.02. The van der Waals surface area contributed by atoms with Crippen LogP contribution >= 0.6 is 19.0 Å². The molecular weight excluding hydrogens is 381 g/mol. The number of aliphatic hydroxyl groups excluding tert-OH is 2. The topological polar surface area (TPSA) is 136 Å². The number of nitrogen functional groups attached to an aromatic ring is 1. The number of fused-ring (bicyclic) bond motifs is 2. The summed E-state index contributed by atoms with van der Waals surface area (Å²) in [6, 6.07) is -0.456. The molecule has 9 nitrogen and oxygen atoms in total. The maximum atomic E-state index is 12.7. The number of hydrogen-bond acceptors (Lipinski definition) is 8. The summed E-state index contributed by atoms with van der Waals surface area (Å²) in [4.78, 5) is 12.3. The summed E-state index contributed by atoms with van der Waals surface area (Å²) in [5.74, 6) is 0.0943. The molecule has 1 unspecified atom stereocenters. The lowest BCUT2D eigenvalue weighted by molar-refractivity contribution is -0.0134. The van der Waals surface area contributed by atoms with E-state index in [0.29, 0.717) is 24.2 Å². The minimum atomic E-state index is -2.86. The molecule has 0 radical (unpaired) electrons. The Labute approximate surface area is 155 Å². The van der Waals surface area contributed by atoms with Crippen molar-refractivity contribution in [2.45, 2.75) is 31.6 Å². The number of rotatable bonds is 5. The fraction of sp³-hybridized carbons (Fsp3) is 0.667. The van der Waals surface area contributed by atoms with Gasteiger partial charge in [-0.3, -0.25) is 4.57 Å². The minimum Gasteiger partial charge on any atom is -0.390 e. The summed E-state index contributed by atoms with van der Waals surface area (Å²) in [7, 11) is -2.86. The van der Waals surface area contributed by atoms with Gasteiger partial charge in [-0.2, -0.15) is 9.97 Å². The van der Waals surface area contributed by atoms with E-state index in [1.165, 1.54) is 6.33 Å². The highest BCUT2D eigenvalue weighted by Gasteiger charge is 2.72. The van der Waals surface area contributed by atoms with Gasteiger partial charge in [0.25, 0.3) is 0 Å². The zero-order chi connectivity index (χ0) is 18.9. The third-order valence-corrected chi connectivity index (χ3v) is 7.72. The molecule has 4 N–H and O–H groups in total. The molecule has 2 aliphatic rings. The van der Waals surface area contributed by atoms with Gasteiger partial charge < -0.3 is 25.0 Å². The fourth-order valence-corrected chi connectivity index (χ4v) is 6.96. The lowest BCUT2D eigenvalue weighted by atomic mass is 10.0. The SMILES string of the molecule is CCOP(C)(=O)C[C@@]12C[C@@H]1[C@@H](n1cnc3c(N)nc(Cl)nc31)[C@H](O)[C@@H]2O. The predicted molar refractivity (Wildman–Crippen MR) is 96.4 cm³/mol. The Morgan fingerprint density at radius 1 is 1.50 bits per heavy atom. The number of halogens is 1. The van der Waals surface area contributed by atoms with Gasteiger partial charge in [0.2, 0.25) is 12.7 Å². The van der Waals surface area contributed by atoms with Crippen LogP contribution in [0.4, 0.5) is 5.82 Å². The van der Waals surface area contributed by atoms with E-state index in [4.69, 9.17) is 21.9 Å². The fourth-order valence-electron chi connectivity index (χ4n) is 4.53. The molecule has 2 aliphatic carbocycles. The smallest absolute Gasteiger partial charge is 0.226 e. The third-order valence-electron chi connectivity index (χ3n) is 5.58. The van der Waals surface area contributed by atoms with Crippen molar-refractivity contribution in [2.75, 3.05) is 25.2 Å². The highest BCUT2D eigenvalue weighted by Crippen LogP contribution is 2.72. The van der Waals surface area contributed by atoms with Gasteiger partial charge in [0.05, 0.1) is 25.1 Å². The number of anilines is 1. The van der Waals surface area contributed by atoms with Crippen LogP contribution in [0.2, 0.25) is 5.28 Å². The van der Waals surface area contributed by atoms with Gasteiger partial charge in [0.15, 0.2) is 11.5 Å². The molecule has 26 heavy (non-hydrogen) atoms. The lowest BCUT2D eigenvalue weighted by Gasteiger charge is -2.25. The molecule has 6 atom stereocenters. The maximum absolute atomic E-state index is 12.7. The minimum absolute atomic E-state index is 0.0127. The first-order chi connectivity index (χ1) is 12.2. The second-order valence-electron chi connectivity index (χ2n) is 7.26. The summed E-state index contributed by atoms with van der Waals surface area (Å²) in [6.45, 7) is 3.71. The van der Waals surface area contributed by atoms with Crippen molar-refractivity contribution >= 4 is 36.0 Å². The summed E-state index contributed by atoms with van der Waals surface area (Å²) in [5, 5.41) is 21.4.